The quantitative estimate of drug-likeness (QED) is 0.742. The third-order valence-corrected chi connectivity index (χ3v) is 5.45. The highest BCUT2D eigenvalue weighted by Crippen LogP contribution is 2.39. The van der Waals surface area contributed by atoms with Gasteiger partial charge in [0.15, 0.2) is 0 Å². The van der Waals surface area contributed by atoms with Gasteiger partial charge in [-0.05, 0) is 31.6 Å². The topological polar surface area (TPSA) is 95.6 Å². The molecule has 1 saturated carbocycles. The van der Waals surface area contributed by atoms with Gasteiger partial charge in [-0.25, -0.2) is 4.79 Å². The van der Waals surface area contributed by atoms with E-state index < -0.39 is 0 Å². The monoisotopic (exact) mass is 334 g/mol. The molecule has 3 rings (SSSR count). The van der Waals surface area contributed by atoms with E-state index in [0.717, 1.165) is 36.3 Å². The second kappa shape index (κ2) is 7.08. The third kappa shape index (κ3) is 3.52. The molecule has 0 radical (unpaired) electrons. The van der Waals surface area contributed by atoms with Crippen molar-refractivity contribution in [2.24, 2.45) is 0 Å². The van der Waals surface area contributed by atoms with Gasteiger partial charge in [0.05, 0.1) is 6.20 Å². The van der Waals surface area contributed by atoms with E-state index in [1.54, 1.807) is 6.20 Å². The number of urea groups is 1. The predicted molar refractivity (Wildman–Crippen MR) is 91.1 cm³/mol. The number of rotatable bonds is 6. The van der Waals surface area contributed by atoms with Crippen LogP contribution in [0.1, 0.15) is 68.4 Å². The van der Waals surface area contributed by atoms with Crippen molar-refractivity contribution in [3.63, 3.8) is 0 Å². The zero-order chi connectivity index (χ0) is 16.2. The average Bonchev–Trinajstić information content (AvgIpc) is 3.09. The van der Waals surface area contributed by atoms with Crippen LogP contribution in [0.15, 0.2) is 6.20 Å². The number of nitrogens with one attached hydrogen (secondary N) is 3. The summed E-state index contributed by atoms with van der Waals surface area (Å²) in [5, 5.41) is 22.2. The molecule has 2 aromatic heterocycles. The predicted octanol–water partition coefficient (Wildman–Crippen LogP) is 4.08. The molecule has 0 aliphatic heterocycles. The van der Waals surface area contributed by atoms with Crippen molar-refractivity contribution >= 4 is 28.3 Å². The van der Waals surface area contributed by atoms with Gasteiger partial charge in [0.1, 0.15) is 10.8 Å². The number of amides is 2. The molecule has 1 aliphatic rings. The third-order valence-electron chi connectivity index (χ3n) is 4.45. The van der Waals surface area contributed by atoms with Crippen LogP contribution in [0, 0.1) is 0 Å². The molecule has 2 amide bonds. The molecule has 2 aromatic rings. The van der Waals surface area contributed by atoms with Crippen molar-refractivity contribution in [3.05, 3.63) is 16.8 Å². The summed E-state index contributed by atoms with van der Waals surface area (Å²) in [7, 11) is 0. The van der Waals surface area contributed by atoms with Crippen molar-refractivity contribution in [1.29, 1.82) is 0 Å². The van der Waals surface area contributed by atoms with Crippen LogP contribution in [0.5, 0.6) is 0 Å². The Morgan fingerprint density at radius 1 is 1.35 bits per heavy atom. The summed E-state index contributed by atoms with van der Waals surface area (Å²) in [5.74, 6) is 1.59. The summed E-state index contributed by atoms with van der Waals surface area (Å²) in [6.45, 7) is 4.27. The molecular weight excluding hydrogens is 312 g/mol. The van der Waals surface area contributed by atoms with Crippen molar-refractivity contribution < 1.29 is 4.79 Å². The van der Waals surface area contributed by atoms with Crippen LogP contribution in [0.4, 0.5) is 15.7 Å². The zero-order valence-corrected chi connectivity index (χ0v) is 14.2. The molecule has 1 aliphatic carbocycles. The molecule has 0 aromatic carbocycles. The van der Waals surface area contributed by atoms with Gasteiger partial charge in [0.2, 0.25) is 5.13 Å². The molecular formula is C15H22N6OS. The highest BCUT2D eigenvalue weighted by Gasteiger charge is 2.24. The molecule has 2 heterocycles. The maximum atomic E-state index is 12.1. The number of aromatic nitrogens is 4. The molecule has 0 unspecified atom stereocenters. The molecule has 0 atom stereocenters. The summed E-state index contributed by atoms with van der Waals surface area (Å²) in [4.78, 5) is 12.1. The Morgan fingerprint density at radius 3 is 2.78 bits per heavy atom. The van der Waals surface area contributed by atoms with E-state index in [2.05, 4.69) is 44.9 Å². The van der Waals surface area contributed by atoms with Crippen molar-refractivity contribution in [3.8, 4) is 0 Å². The second-order valence-electron chi connectivity index (χ2n) is 5.87. The van der Waals surface area contributed by atoms with Crippen molar-refractivity contribution in [1.82, 2.24) is 20.4 Å². The van der Waals surface area contributed by atoms with E-state index in [1.165, 1.54) is 17.8 Å². The smallest absolute Gasteiger partial charge is 0.292 e. The molecule has 3 N–H and O–H groups in total. The minimum atomic E-state index is -0.318. The SMILES string of the molecule is CCC(CC)c1nnc(NC(=O)Nc2[nH]ncc2C2CCC2)s1. The highest BCUT2D eigenvalue weighted by molar-refractivity contribution is 7.15. The highest BCUT2D eigenvalue weighted by atomic mass is 32.1. The number of aromatic amines is 1. The Labute approximate surface area is 139 Å². The number of nitrogens with zero attached hydrogens (tertiary/aromatic N) is 3. The van der Waals surface area contributed by atoms with Gasteiger partial charge in [-0.15, -0.1) is 10.2 Å². The Balaban J connectivity index is 1.60. The normalized spacial score (nSPS) is 14.7. The van der Waals surface area contributed by atoms with Crippen LogP contribution in [0.2, 0.25) is 0 Å². The maximum Gasteiger partial charge on any atom is 0.326 e. The van der Waals surface area contributed by atoms with E-state index in [-0.39, 0.29) is 6.03 Å². The molecule has 0 spiro atoms. The molecule has 0 bridgehead atoms. The van der Waals surface area contributed by atoms with E-state index in [0.29, 0.717) is 22.8 Å². The summed E-state index contributed by atoms with van der Waals surface area (Å²) >= 11 is 1.44. The largest absolute Gasteiger partial charge is 0.326 e. The van der Waals surface area contributed by atoms with E-state index in [9.17, 15) is 4.79 Å². The molecule has 124 valence electrons. The molecule has 0 saturated heterocycles. The van der Waals surface area contributed by atoms with Crippen LogP contribution in [-0.4, -0.2) is 26.4 Å². The van der Waals surface area contributed by atoms with Gasteiger partial charge in [-0.1, -0.05) is 31.6 Å². The minimum absolute atomic E-state index is 0.318. The molecule has 7 nitrogen and oxygen atoms in total. The minimum Gasteiger partial charge on any atom is -0.292 e. The summed E-state index contributed by atoms with van der Waals surface area (Å²) in [5.41, 5.74) is 1.08. The van der Waals surface area contributed by atoms with E-state index in [1.807, 2.05) is 0 Å². The van der Waals surface area contributed by atoms with Crippen LogP contribution >= 0.6 is 11.3 Å². The Morgan fingerprint density at radius 2 is 2.13 bits per heavy atom. The summed E-state index contributed by atoms with van der Waals surface area (Å²) < 4.78 is 0. The number of hydrogen-bond donors (Lipinski definition) is 3. The van der Waals surface area contributed by atoms with Crippen LogP contribution < -0.4 is 10.6 Å². The Bertz CT molecular complexity index is 658. The van der Waals surface area contributed by atoms with Gasteiger partial charge in [0, 0.05) is 11.5 Å². The number of hydrogen-bond acceptors (Lipinski definition) is 5. The standard InChI is InChI=1S/C15H22N6OS/c1-3-9(4-2)13-20-21-15(23-13)18-14(22)17-12-11(8-16-19-12)10-6-5-7-10/h8-10H,3-7H2,1-2H3,(H3,16,17,18,19,21,22). The van der Waals surface area contributed by atoms with Crippen LogP contribution in [0.25, 0.3) is 0 Å². The first-order valence-electron chi connectivity index (χ1n) is 8.15. The van der Waals surface area contributed by atoms with Gasteiger partial charge < -0.3 is 0 Å². The fourth-order valence-electron chi connectivity index (χ4n) is 2.75. The first-order chi connectivity index (χ1) is 11.2. The fourth-order valence-corrected chi connectivity index (χ4v) is 3.76. The number of carbonyl (C=O) groups is 1. The van der Waals surface area contributed by atoms with Gasteiger partial charge in [-0.3, -0.25) is 15.7 Å². The molecule has 1 fully saturated rings. The lowest BCUT2D eigenvalue weighted by molar-refractivity contribution is 0.262. The van der Waals surface area contributed by atoms with Gasteiger partial charge >= 0.3 is 6.03 Å². The van der Waals surface area contributed by atoms with Crippen LogP contribution in [0.3, 0.4) is 0 Å². The number of H-pyrrole nitrogens is 1. The van der Waals surface area contributed by atoms with Crippen molar-refractivity contribution in [2.75, 3.05) is 10.6 Å². The fraction of sp³-hybridized carbons (Fsp3) is 0.600. The number of carbonyl (C=O) groups excluding carboxylic acids is 1. The summed E-state index contributed by atoms with van der Waals surface area (Å²) in [6.07, 6.45) is 7.41. The van der Waals surface area contributed by atoms with Crippen molar-refractivity contribution in [2.45, 2.75) is 57.8 Å². The van der Waals surface area contributed by atoms with Gasteiger partial charge in [0.25, 0.3) is 0 Å². The van der Waals surface area contributed by atoms with Crippen LogP contribution in [-0.2, 0) is 0 Å². The first-order valence-corrected chi connectivity index (χ1v) is 8.97. The number of anilines is 2. The average molecular weight is 334 g/mol. The Hall–Kier alpha value is -1.96. The molecule has 23 heavy (non-hydrogen) atoms. The lowest BCUT2D eigenvalue weighted by Crippen LogP contribution is -2.21. The van der Waals surface area contributed by atoms with E-state index >= 15 is 0 Å². The van der Waals surface area contributed by atoms with Gasteiger partial charge in [-0.2, -0.15) is 5.10 Å². The zero-order valence-electron chi connectivity index (χ0n) is 13.4. The lowest BCUT2D eigenvalue weighted by atomic mass is 9.81. The lowest BCUT2D eigenvalue weighted by Gasteiger charge is -2.25. The Kier molecular flexibility index (Phi) is 4.90. The maximum absolute atomic E-state index is 12.1. The molecule has 8 heteroatoms. The van der Waals surface area contributed by atoms with E-state index in [4.69, 9.17) is 0 Å². The second-order valence-corrected chi connectivity index (χ2v) is 6.88. The first kappa shape index (κ1) is 15.9. The summed E-state index contributed by atoms with van der Waals surface area (Å²) in [6, 6.07) is -0.318.